The number of nitrogens with zero attached hydrogens (tertiary/aromatic N) is 1. The minimum atomic E-state index is -0.356. The predicted octanol–water partition coefficient (Wildman–Crippen LogP) is 5.75. The summed E-state index contributed by atoms with van der Waals surface area (Å²) in [5.74, 6) is 1.44. The number of nitrogens with one attached hydrogen (secondary N) is 1. The molecule has 0 radical (unpaired) electrons. The van der Waals surface area contributed by atoms with Gasteiger partial charge < -0.3 is 14.2 Å². The van der Waals surface area contributed by atoms with Crippen LogP contribution in [0, 0.1) is 0 Å². The van der Waals surface area contributed by atoms with Gasteiger partial charge in [0, 0.05) is 5.02 Å². The van der Waals surface area contributed by atoms with Crippen LogP contribution in [0.4, 0.5) is 0 Å². The van der Waals surface area contributed by atoms with Gasteiger partial charge in [0.25, 0.3) is 5.91 Å². The summed E-state index contributed by atoms with van der Waals surface area (Å²) in [7, 11) is 1.57. The molecule has 0 aliphatic heterocycles. The summed E-state index contributed by atoms with van der Waals surface area (Å²) in [5, 5.41) is 4.67. The molecule has 3 aromatic rings. The molecule has 6 nitrogen and oxygen atoms in total. The fourth-order valence-electron chi connectivity index (χ4n) is 3.04. The van der Waals surface area contributed by atoms with Crippen LogP contribution in [0.2, 0.25) is 5.02 Å². The molecule has 0 bridgehead atoms. The summed E-state index contributed by atoms with van der Waals surface area (Å²) < 4.78 is 16.8. The fourth-order valence-corrected chi connectivity index (χ4v) is 3.16. The Balaban J connectivity index is 1.49. The molecule has 0 atom stereocenters. The third kappa shape index (κ3) is 7.52. The van der Waals surface area contributed by atoms with Gasteiger partial charge in [0.2, 0.25) is 0 Å². The first-order valence-corrected chi connectivity index (χ1v) is 11.2. The molecule has 1 amide bonds. The van der Waals surface area contributed by atoms with Gasteiger partial charge in [-0.05, 0) is 64.6 Å². The number of amides is 1. The molecule has 0 aliphatic carbocycles. The van der Waals surface area contributed by atoms with Crippen molar-refractivity contribution in [3.05, 3.63) is 88.4 Å². The van der Waals surface area contributed by atoms with Crippen molar-refractivity contribution in [2.24, 2.45) is 5.10 Å². The third-order valence-corrected chi connectivity index (χ3v) is 5.24. The highest BCUT2D eigenvalue weighted by molar-refractivity contribution is 6.30. The van der Waals surface area contributed by atoms with Crippen LogP contribution < -0.4 is 19.6 Å². The van der Waals surface area contributed by atoms with Crippen molar-refractivity contribution < 1.29 is 19.0 Å². The maximum Gasteiger partial charge on any atom is 0.277 e. The highest BCUT2D eigenvalue weighted by Crippen LogP contribution is 2.28. The number of hydrogen-bond donors (Lipinski definition) is 1. The maximum atomic E-state index is 12.0. The molecular formula is C27H29ClN2O4. The predicted molar refractivity (Wildman–Crippen MR) is 135 cm³/mol. The number of halogens is 1. The normalized spacial score (nSPS) is 11.3. The molecule has 0 saturated carbocycles. The van der Waals surface area contributed by atoms with Crippen molar-refractivity contribution in [2.45, 2.75) is 32.8 Å². The molecular weight excluding hydrogens is 452 g/mol. The van der Waals surface area contributed by atoms with Crippen molar-refractivity contribution in [1.82, 2.24) is 5.43 Å². The average molecular weight is 481 g/mol. The summed E-state index contributed by atoms with van der Waals surface area (Å²) >= 11 is 5.91. The number of benzene rings is 3. The van der Waals surface area contributed by atoms with Crippen molar-refractivity contribution >= 4 is 23.7 Å². The Labute approximate surface area is 205 Å². The van der Waals surface area contributed by atoms with Crippen molar-refractivity contribution in [2.75, 3.05) is 13.7 Å². The van der Waals surface area contributed by atoms with Gasteiger partial charge in [0.15, 0.2) is 18.1 Å². The molecule has 3 rings (SSSR count). The molecule has 34 heavy (non-hydrogen) atoms. The van der Waals surface area contributed by atoms with Crippen molar-refractivity contribution in [3.8, 4) is 17.2 Å². The second-order valence-electron chi connectivity index (χ2n) is 8.68. The summed E-state index contributed by atoms with van der Waals surface area (Å²) in [4.78, 5) is 12.0. The highest BCUT2D eigenvalue weighted by atomic mass is 35.5. The van der Waals surface area contributed by atoms with Crippen LogP contribution in [0.15, 0.2) is 71.8 Å². The Morgan fingerprint density at radius 2 is 1.68 bits per heavy atom. The van der Waals surface area contributed by atoms with E-state index in [9.17, 15) is 4.79 Å². The summed E-state index contributed by atoms with van der Waals surface area (Å²) in [6.07, 6.45) is 1.53. The Bertz CT molecular complexity index is 1120. The molecule has 0 aromatic heterocycles. The monoisotopic (exact) mass is 480 g/mol. The van der Waals surface area contributed by atoms with Gasteiger partial charge >= 0.3 is 0 Å². The standard InChI is InChI=1S/C27H29ClN2O4/c1-27(2,3)21-8-12-23(13-9-21)33-18-26(31)30-29-16-20-7-14-24(25(15-20)32-4)34-17-19-5-10-22(28)11-6-19/h5-16H,17-18H2,1-4H3,(H,30,31)/b29-16+. The molecule has 0 spiro atoms. The minimum Gasteiger partial charge on any atom is -0.493 e. The van der Waals surface area contributed by atoms with Crippen LogP contribution in [0.25, 0.3) is 0 Å². The van der Waals surface area contributed by atoms with E-state index in [0.29, 0.717) is 28.9 Å². The highest BCUT2D eigenvalue weighted by Gasteiger charge is 2.13. The number of rotatable bonds is 9. The second-order valence-corrected chi connectivity index (χ2v) is 9.12. The number of hydrogen-bond acceptors (Lipinski definition) is 5. The summed E-state index contributed by atoms with van der Waals surface area (Å²) in [5.41, 5.74) is 5.46. The van der Waals surface area contributed by atoms with Gasteiger partial charge in [0.05, 0.1) is 13.3 Å². The molecule has 0 unspecified atom stereocenters. The van der Waals surface area contributed by atoms with Crippen LogP contribution in [0.5, 0.6) is 17.2 Å². The average Bonchev–Trinajstić information content (AvgIpc) is 2.82. The van der Waals surface area contributed by atoms with E-state index < -0.39 is 0 Å². The van der Waals surface area contributed by atoms with E-state index in [4.69, 9.17) is 25.8 Å². The van der Waals surface area contributed by atoms with E-state index in [1.165, 1.54) is 11.8 Å². The van der Waals surface area contributed by atoms with Crippen LogP contribution in [0.3, 0.4) is 0 Å². The SMILES string of the molecule is COc1cc(/C=N/NC(=O)COc2ccc(C(C)(C)C)cc2)ccc1OCc1ccc(Cl)cc1. The zero-order valence-electron chi connectivity index (χ0n) is 19.8. The minimum absolute atomic E-state index is 0.0638. The topological polar surface area (TPSA) is 69.2 Å². The van der Waals surface area contributed by atoms with Gasteiger partial charge in [0.1, 0.15) is 12.4 Å². The first-order valence-electron chi connectivity index (χ1n) is 10.8. The first-order chi connectivity index (χ1) is 16.2. The first kappa shape index (κ1) is 25.1. The molecule has 0 saturated heterocycles. The Hall–Kier alpha value is -3.51. The quantitative estimate of drug-likeness (QED) is 0.312. The van der Waals surface area contributed by atoms with Gasteiger partial charge in [-0.25, -0.2) is 5.43 Å². The molecule has 7 heteroatoms. The van der Waals surface area contributed by atoms with E-state index in [1.807, 2.05) is 54.6 Å². The number of carbonyl (C=O) groups is 1. The second kappa shape index (κ2) is 11.6. The largest absolute Gasteiger partial charge is 0.493 e. The molecule has 178 valence electrons. The fraction of sp³-hybridized carbons (Fsp3) is 0.259. The van der Waals surface area contributed by atoms with E-state index in [1.54, 1.807) is 19.2 Å². The van der Waals surface area contributed by atoms with E-state index in [0.717, 1.165) is 11.1 Å². The number of hydrazone groups is 1. The lowest BCUT2D eigenvalue weighted by Gasteiger charge is -2.19. The number of carbonyl (C=O) groups excluding carboxylic acids is 1. The van der Waals surface area contributed by atoms with Crippen LogP contribution in [0.1, 0.15) is 37.5 Å². The van der Waals surface area contributed by atoms with E-state index >= 15 is 0 Å². The van der Waals surface area contributed by atoms with Crippen LogP contribution >= 0.6 is 11.6 Å². The number of ether oxygens (including phenoxy) is 3. The van der Waals surface area contributed by atoms with Crippen LogP contribution in [-0.4, -0.2) is 25.8 Å². The lowest BCUT2D eigenvalue weighted by molar-refractivity contribution is -0.123. The zero-order chi connectivity index (χ0) is 24.6. The van der Waals surface area contributed by atoms with Gasteiger partial charge in [-0.2, -0.15) is 5.10 Å². The van der Waals surface area contributed by atoms with Crippen molar-refractivity contribution in [3.63, 3.8) is 0 Å². The molecule has 0 heterocycles. The van der Waals surface area contributed by atoms with Gasteiger partial charge in [-0.1, -0.05) is 56.6 Å². The number of methoxy groups -OCH3 is 1. The van der Waals surface area contributed by atoms with Gasteiger partial charge in [-0.15, -0.1) is 0 Å². The van der Waals surface area contributed by atoms with E-state index in [2.05, 4.69) is 31.3 Å². The summed E-state index contributed by atoms with van der Waals surface area (Å²) in [6, 6.07) is 20.6. The lowest BCUT2D eigenvalue weighted by Crippen LogP contribution is -2.24. The lowest BCUT2D eigenvalue weighted by atomic mass is 9.87. The summed E-state index contributed by atoms with van der Waals surface area (Å²) in [6.45, 7) is 6.69. The molecule has 3 aromatic carbocycles. The maximum absolute atomic E-state index is 12.0. The molecule has 1 N–H and O–H groups in total. The zero-order valence-corrected chi connectivity index (χ0v) is 20.6. The Morgan fingerprint density at radius 3 is 2.32 bits per heavy atom. The molecule has 0 fully saturated rings. The Kier molecular flexibility index (Phi) is 8.55. The van der Waals surface area contributed by atoms with Crippen LogP contribution in [-0.2, 0) is 16.8 Å². The van der Waals surface area contributed by atoms with Crippen molar-refractivity contribution in [1.29, 1.82) is 0 Å². The van der Waals surface area contributed by atoms with E-state index in [-0.39, 0.29) is 17.9 Å². The van der Waals surface area contributed by atoms with Gasteiger partial charge in [-0.3, -0.25) is 4.79 Å². The smallest absolute Gasteiger partial charge is 0.277 e. The third-order valence-electron chi connectivity index (χ3n) is 4.99. The Morgan fingerprint density at radius 1 is 0.971 bits per heavy atom. The molecule has 0 aliphatic rings.